The van der Waals surface area contributed by atoms with Gasteiger partial charge in [0.1, 0.15) is 11.4 Å². The highest BCUT2D eigenvalue weighted by atomic mass is 16.6. The summed E-state index contributed by atoms with van der Waals surface area (Å²) in [4.78, 5) is 13.5. The van der Waals surface area contributed by atoms with Crippen molar-refractivity contribution in [2.75, 3.05) is 6.54 Å². The fourth-order valence-electron chi connectivity index (χ4n) is 2.50. The van der Waals surface area contributed by atoms with Crippen LogP contribution in [0.4, 0.5) is 4.79 Å². The van der Waals surface area contributed by atoms with Gasteiger partial charge in [-0.05, 0) is 50.8 Å². The first kappa shape index (κ1) is 16.0. The minimum Gasteiger partial charge on any atom is -0.443 e. The first-order valence-electron chi connectivity index (χ1n) is 7.38. The number of amides is 1. The van der Waals surface area contributed by atoms with Crippen LogP contribution < -0.4 is 0 Å². The van der Waals surface area contributed by atoms with Gasteiger partial charge in [-0.15, -0.1) is 0 Å². The van der Waals surface area contributed by atoms with Gasteiger partial charge >= 0.3 is 6.09 Å². The number of hydrogen-bond acceptors (Lipinski definition) is 4. The molecule has 2 rings (SSSR count). The number of rotatable bonds is 1. The summed E-state index contributed by atoms with van der Waals surface area (Å²) in [5.74, 6) is 0.494. The molecule has 0 aromatic heterocycles. The first-order valence-corrected chi connectivity index (χ1v) is 7.38. The maximum atomic E-state index is 12.1. The molecular formula is C17H21N3O2. The lowest BCUT2D eigenvalue weighted by atomic mass is 9.88. The summed E-state index contributed by atoms with van der Waals surface area (Å²) in [7, 11) is 0. The largest absolute Gasteiger partial charge is 0.443 e. The molecule has 1 aliphatic heterocycles. The van der Waals surface area contributed by atoms with Crippen molar-refractivity contribution in [1.29, 1.82) is 10.7 Å². The van der Waals surface area contributed by atoms with E-state index in [4.69, 9.17) is 15.4 Å². The number of amidine groups is 1. The lowest BCUT2D eigenvalue weighted by Gasteiger charge is -2.34. The minimum atomic E-state index is -0.554. The van der Waals surface area contributed by atoms with Gasteiger partial charge in [0.15, 0.2) is 0 Å². The van der Waals surface area contributed by atoms with Crippen molar-refractivity contribution >= 4 is 11.9 Å². The molecule has 5 nitrogen and oxygen atoms in total. The predicted octanol–water partition coefficient (Wildman–Crippen LogP) is 3.65. The van der Waals surface area contributed by atoms with Crippen LogP contribution in [0.25, 0.3) is 0 Å². The lowest BCUT2D eigenvalue weighted by molar-refractivity contribution is 0.0349. The van der Waals surface area contributed by atoms with Crippen molar-refractivity contribution in [3.05, 3.63) is 35.4 Å². The molecule has 1 aliphatic rings. The third-order valence-electron chi connectivity index (χ3n) is 3.59. The van der Waals surface area contributed by atoms with Gasteiger partial charge in [-0.1, -0.05) is 12.1 Å². The van der Waals surface area contributed by atoms with E-state index in [0.29, 0.717) is 18.5 Å². The van der Waals surface area contributed by atoms with Crippen LogP contribution in [0, 0.1) is 16.7 Å². The van der Waals surface area contributed by atoms with Crippen LogP contribution in [0.3, 0.4) is 0 Å². The first-order chi connectivity index (χ1) is 10.3. The van der Waals surface area contributed by atoms with Gasteiger partial charge < -0.3 is 4.74 Å². The number of benzene rings is 1. The number of carbonyl (C=O) groups excluding carboxylic acids is 1. The van der Waals surface area contributed by atoms with Gasteiger partial charge in [-0.3, -0.25) is 10.3 Å². The number of nitrogens with zero attached hydrogens (tertiary/aromatic N) is 2. The van der Waals surface area contributed by atoms with Crippen LogP contribution >= 0.6 is 0 Å². The molecule has 1 atom stereocenters. The Balaban J connectivity index is 2.02. The Kier molecular flexibility index (Phi) is 4.51. The number of likely N-dealkylation sites (tertiary alicyclic amines) is 1. The molecule has 1 aromatic rings. The summed E-state index contributed by atoms with van der Waals surface area (Å²) in [6.07, 6.45) is 0.842. The van der Waals surface area contributed by atoms with Crippen LogP contribution in [0.1, 0.15) is 50.7 Å². The van der Waals surface area contributed by atoms with E-state index in [1.54, 1.807) is 12.1 Å². The van der Waals surface area contributed by atoms with Crippen molar-refractivity contribution < 1.29 is 9.53 Å². The second-order valence-electron chi connectivity index (χ2n) is 6.50. The summed E-state index contributed by atoms with van der Waals surface area (Å²) in [6, 6.07) is 9.54. The van der Waals surface area contributed by atoms with Crippen LogP contribution in [0.2, 0.25) is 0 Å². The monoisotopic (exact) mass is 299 g/mol. The van der Waals surface area contributed by atoms with E-state index in [2.05, 4.69) is 6.07 Å². The second kappa shape index (κ2) is 6.18. The zero-order valence-corrected chi connectivity index (χ0v) is 13.2. The van der Waals surface area contributed by atoms with Crippen LogP contribution in [-0.4, -0.2) is 29.0 Å². The maximum Gasteiger partial charge on any atom is 0.415 e. The Morgan fingerprint density at radius 3 is 2.50 bits per heavy atom. The Morgan fingerprint density at radius 2 is 2.00 bits per heavy atom. The summed E-state index contributed by atoms with van der Waals surface area (Å²) < 4.78 is 5.33. The van der Waals surface area contributed by atoms with E-state index in [1.807, 2.05) is 32.9 Å². The zero-order chi connectivity index (χ0) is 16.3. The molecule has 116 valence electrons. The van der Waals surface area contributed by atoms with Gasteiger partial charge in [0.2, 0.25) is 0 Å². The SMILES string of the molecule is CC(C)(C)OC(=O)N1CCC(c2ccc(C#N)cc2)CC1=N. The average molecular weight is 299 g/mol. The molecule has 22 heavy (non-hydrogen) atoms. The second-order valence-corrected chi connectivity index (χ2v) is 6.50. The summed E-state index contributed by atoms with van der Waals surface area (Å²) in [5, 5.41) is 16.9. The molecular weight excluding hydrogens is 278 g/mol. The highest BCUT2D eigenvalue weighted by Crippen LogP contribution is 2.29. The van der Waals surface area contributed by atoms with Gasteiger partial charge in [-0.2, -0.15) is 5.26 Å². The van der Waals surface area contributed by atoms with E-state index < -0.39 is 11.7 Å². The van der Waals surface area contributed by atoms with E-state index in [-0.39, 0.29) is 11.8 Å². The van der Waals surface area contributed by atoms with Gasteiger partial charge in [0.05, 0.1) is 11.6 Å². The standard InChI is InChI=1S/C17H21N3O2/c1-17(2,3)22-16(21)20-9-8-14(10-15(20)19)13-6-4-12(11-18)5-7-13/h4-7,14,19H,8-10H2,1-3H3. The molecule has 0 bridgehead atoms. The third-order valence-corrected chi connectivity index (χ3v) is 3.59. The minimum absolute atomic E-state index is 0.207. The Bertz CT molecular complexity index is 608. The van der Waals surface area contributed by atoms with Crippen molar-refractivity contribution in [3.63, 3.8) is 0 Å². The van der Waals surface area contributed by atoms with Crippen molar-refractivity contribution in [1.82, 2.24) is 4.90 Å². The Labute approximate surface area is 131 Å². The Hall–Kier alpha value is -2.35. The van der Waals surface area contributed by atoms with E-state index in [9.17, 15) is 4.79 Å². The zero-order valence-electron chi connectivity index (χ0n) is 13.2. The molecule has 1 unspecified atom stereocenters. The molecule has 1 saturated heterocycles. The fraction of sp³-hybridized carbons (Fsp3) is 0.471. The smallest absolute Gasteiger partial charge is 0.415 e. The van der Waals surface area contributed by atoms with E-state index in [1.165, 1.54) is 4.90 Å². The topological polar surface area (TPSA) is 77.2 Å². The molecule has 0 aliphatic carbocycles. The molecule has 1 aromatic carbocycles. The molecule has 5 heteroatoms. The molecule has 1 fully saturated rings. The summed E-state index contributed by atoms with van der Waals surface area (Å²) in [6.45, 7) is 5.94. The highest BCUT2D eigenvalue weighted by Gasteiger charge is 2.31. The number of nitrogens with one attached hydrogen (secondary N) is 1. The third kappa shape index (κ3) is 3.85. The molecule has 1 N–H and O–H groups in total. The number of nitriles is 1. The number of carbonyl (C=O) groups is 1. The van der Waals surface area contributed by atoms with Gasteiger partial charge in [0.25, 0.3) is 0 Å². The van der Waals surface area contributed by atoms with Gasteiger partial charge in [0, 0.05) is 13.0 Å². The molecule has 0 radical (unpaired) electrons. The molecule has 0 saturated carbocycles. The van der Waals surface area contributed by atoms with Crippen LogP contribution in [0.15, 0.2) is 24.3 Å². The number of ether oxygens (including phenoxy) is 1. The highest BCUT2D eigenvalue weighted by molar-refractivity contribution is 5.94. The molecule has 0 spiro atoms. The van der Waals surface area contributed by atoms with Crippen LogP contribution in [0.5, 0.6) is 0 Å². The predicted molar refractivity (Wildman–Crippen MR) is 83.8 cm³/mol. The average Bonchev–Trinajstić information content (AvgIpc) is 2.45. The maximum absolute atomic E-state index is 12.1. The Morgan fingerprint density at radius 1 is 1.36 bits per heavy atom. The number of piperidine rings is 1. The molecule has 1 amide bonds. The normalized spacial score (nSPS) is 18.7. The van der Waals surface area contributed by atoms with E-state index in [0.717, 1.165) is 12.0 Å². The summed E-state index contributed by atoms with van der Waals surface area (Å²) in [5.41, 5.74) is 1.18. The van der Waals surface area contributed by atoms with Crippen molar-refractivity contribution in [3.8, 4) is 6.07 Å². The van der Waals surface area contributed by atoms with E-state index >= 15 is 0 Å². The van der Waals surface area contributed by atoms with Crippen molar-refractivity contribution in [2.45, 2.75) is 45.1 Å². The quantitative estimate of drug-likeness (QED) is 0.859. The summed E-state index contributed by atoms with van der Waals surface area (Å²) >= 11 is 0. The molecule has 1 heterocycles. The van der Waals surface area contributed by atoms with Crippen molar-refractivity contribution in [2.24, 2.45) is 0 Å². The fourth-order valence-corrected chi connectivity index (χ4v) is 2.50. The van der Waals surface area contributed by atoms with Gasteiger partial charge in [-0.25, -0.2) is 4.79 Å². The number of hydrogen-bond donors (Lipinski definition) is 1. The lowest BCUT2D eigenvalue weighted by Crippen LogP contribution is -2.44. The van der Waals surface area contributed by atoms with Crippen LogP contribution in [-0.2, 0) is 4.74 Å².